The molecule has 3 rings (SSSR count). The zero-order valence-corrected chi connectivity index (χ0v) is 12.9. The number of halogens is 1. The molecule has 2 aromatic heterocycles. The molecule has 7 heteroatoms. The second kappa shape index (κ2) is 5.22. The average molecular weight is 307 g/mol. The highest BCUT2D eigenvalue weighted by atomic mass is 32.1. The first kappa shape index (κ1) is 14.2. The van der Waals surface area contributed by atoms with Gasteiger partial charge in [0.15, 0.2) is 11.5 Å². The number of hydrogen-bond acceptors (Lipinski definition) is 6. The molecule has 1 unspecified atom stereocenters. The van der Waals surface area contributed by atoms with Crippen LogP contribution in [0.2, 0.25) is 0 Å². The lowest BCUT2D eigenvalue weighted by Gasteiger charge is -2.24. The number of hydrogen-bond donors (Lipinski definition) is 2. The first-order valence-corrected chi connectivity index (χ1v) is 7.85. The van der Waals surface area contributed by atoms with E-state index in [1.54, 1.807) is 11.3 Å². The van der Waals surface area contributed by atoms with Crippen LogP contribution in [0.25, 0.3) is 0 Å². The summed E-state index contributed by atoms with van der Waals surface area (Å²) < 4.78 is 14.0. The van der Waals surface area contributed by atoms with Gasteiger partial charge in [0.25, 0.3) is 0 Å². The van der Waals surface area contributed by atoms with Gasteiger partial charge in [-0.1, -0.05) is 0 Å². The number of thiophene rings is 1. The predicted octanol–water partition coefficient (Wildman–Crippen LogP) is 3.21. The van der Waals surface area contributed by atoms with Gasteiger partial charge in [-0.3, -0.25) is 0 Å². The van der Waals surface area contributed by atoms with Gasteiger partial charge in [0, 0.05) is 4.88 Å². The van der Waals surface area contributed by atoms with Crippen LogP contribution in [0.5, 0.6) is 0 Å². The fourth-order valence-corrected chi connectivity index (χ4v) is 3.50. The minimum atomic E-state index is -1.65. The van der Waals surface area contributed by atoms with Crippen molar-refractivity contribution < 1.29 is 4.39 Å². The van der Waals surface area contributed by atoms with Crippen molar-refractivity contribution in [3.8, 4) is 0 Å². The predicted molar refractivity (Wildman–Crippen MR) is 82.0 cm³/mol. The van der Waals surface area contributed by atoms with Gasteiger partial charge in [0.2, 0.25) is 11.9 Å². The average Bonchev–Trinajstić information content (AvgIpc) is 2.86. The number of nitrogen functional groups attached to an aromatic ring is 1. The first-order chi connectivity index (χ1) is 9.93. The molecule has 1 aliphatic rings. The summed E-state index contributed by atoms with van der Waals surface area (Å²) in [5.41, 5.74) is 5.31. The van der Waals surface area contributed by atoms with Crippen molar-refractivity contribution in [2.75, 3.05) is 11.1 Å². The van der Waals surface area contributed by atoms with Crippen molar-refractivity contribution in [3.63, 3.8) is 0 Å². The van der Waals surface area contributed by atoms with E-state index in [0.29, 0.717) is 5.95 Å². The Bertz CT molecular complexity index is 649. The van der Waals surface area contributed by atoms with Crippen LogP contribution in [0, 0.1) is 0 Å². The van der Waals surface area contributed by atoms with Crippen molar-refractivity contribution in [1.29, 1.82) is 0 Å². The van der Waals surface area contributed by atoms with Gasteiger partial charge >= 0.3 is 0 Å². The number of alkyl halides is 1. The molecule has 0 saturated heterocycles. The van der Waals surface area contributed by atoms with Crippen LogP contribution in [0.15, 0.2) is 11.4 Å². The summed E-state index contributed by atoms with van der Waals surface area (Å²) in [6.45, 7) is 2.81. The Morgan fingerprint density at radius 1 is 1.38 bits per heavy atom. The van der Waals surface area contributed by atoms with Gasteiger partial charge in [-0.05, 0) is 50.1 Å². The Labute approximate surface area is 126 Å². The number of aryl methyl sites for hydroxylation is 1. The fourth-order valence-electron chi connectivity index (χ4n) is 2.51. The summed E-state index contributed by atoms with van der Waals surface area (Å²) in [5, 5.41) is 5.37. The van der Waals surface area contributed by atoms with Crippen LogP contribution in [-0.2, 0) is 12.1 Å². The molecular formula is C14H18FN5S. The number of rotatable bonds is 3. The van der Waals surface area contributed by atoms with E-state index in [0.717, 1.165) is 19.3 Å². The normalized spacial score (nSPS) is 18.3. The van der Waals surface area contributed by atoms with Gasteiger partial charge in [-0.25, -0.2) is 4.39 Å². The molecule has 0 amide bonds. The third kappa shape index (κ3) is 2.97. The van der Waals surface area contributed by atoms with E-state index < -0.39 is 5.67 Å². The molecule has 0 aromatic carbocycles. The third-order valence-corrected chi connectivity index (χ3v) is 4.54. The van der Waals surface area contributed by atoms with Crippen LogP contribution in [0.3, 0.4) is 0 Å². The SMILES string of the molecule is CC(C)(F)c1nc(N)nc(NC2CCCc3sccc32)n1. The molecule has 0 radical (unpaired) electrons. The number of aromatic nitrogens is 3. The molecular weight excluding hydrogens is 289 g/mol. The van der Waals surface area contributed by atoms with Crippen molar-refractivity contribution in [3.05, 3.63) is 27.7 Å². The zero-order valence-electron chi connectivity index (χ0n) is 12.1. The molecule has 112 valence electrons. The van der Waals surface area contributed by atoms with E-state index in [2.05, 4.69) is 31.7 Å². The van der Waals surface area contributed by atoms with Gasteiger partial charge in [0.05, 0.1) is 6.04 Å². The maximum absolute atomic E-state index is 14.0. The number of nitrogens with zero attached hydrogens (tertiary/aromatic N) is 3. The van der Waals surface area contributed by atoms with Crippen molar-refractivity contribution in [2.45, 2.75) is 44.8 Å². The topological polar surface area (TPSA) is 76.7 Å². The van der Waals surface area contributed by atoms with Crippen molar-refractivity contribution in [1.82, 2.24) is 15.0 Å². The summed E-state index contributed by atoms with van der Waals surface area (Å²) in [6.07, 6.45) is 3.24. The van der Waals surface area contributed by atoms with E-state index >= 15 is 0 Å². The molecule has 3 N–H and O–H groups in total. The summed E-state index contributed by atoms with van der Waals surface area (Å²) in [4.78, 5) is 13.5. The number of anilines is 2. The maximum Gasteiger partial charge on any atom is 0.228 e. The molecule has 1 aliphatic carbocycles. The van der Waals surface area contributed by atoms with E-state index in [1.807, 2.05) is 0 Å². The Morgan fingerprint density at radius 3 is 2.95 bits per heavy atom. The summed E-state index contributed by atoms with van der Waals surface area (Å²) in [5.74, 6) is 0.431. The van der Waals surface area contributed by atoms with E-state index in [9.17, 15) is 4.39 Å². The van der Waals surface area contributed by atoms with E-state index in [-0.39, 0.29) is 17.8 Å². The summed E-state index contributed by atoms with van der Waals surface area (Å²) >= 11 is 1.77. The van der Waals surface area contributed by atoms with Crippen molar-refractivity contribution in [2.24, 2.45) is 0 Å². The molecule has 5 nitrogen and oxygen atoms in total. The maximum atomic E-state index is 14.0. The van der Waals surface area contributed by atoms with E-state index in [4.69, 9.17) is 5.73 Å². The highest BCUT2D eigenvalue weighted by Gasteiger charge is 2.26. The first-order valence-electron chi connectivity index (χ1n) is 6.97. The van der Waals surface area contributed by atoms with Crippen molar-refractivity contribution >= 4 is 23.2 Å². The van der Waals surface area contributed by atoms with Crippen LogP contribution < -0.4 is 11.1 Å². The number of fused-ring (bicyclic) bond motifs is 1. The van der Waals surface area contributed by atoms with E-state index in [1.165, 1.54) is 24.3 Å². The second-order valence-corrected chi connectivity index (χ2v) is 6.70. The molecule has 2 heterocycles. The van der Waals surface area contributed by atoms with Crippen LogP contribution in [0.4, 0.5) is 16.3 Å². The Morgan fingerprint density at radius 2 is 2.19 bits per heavy atom. The summed E-state index contributed by atoms with van der Waals surface area (Å²) in [7, 11) is 0. The fraction of sp³-hybridized carbons (Fsp3) is 0.500. The number of nitrogens with two attached hydrogens (primary N) is 1. The minimum Gasteiger partial charge on any atom is -0.368 e. The van der Waals surface area contributed by atoms with Crippen LogP contribution in [0.1, 0.15) is 49.0 Å². The molecule has 0 spiro atoms. The Kier molecular flexibility index (Phi) is 3.52. The van der Waals surface area contributed by atoms with Gasteiger partial charge in [-0.2, -0.15) is 15.0 Å². The minimum absolute atomic E-state index is 0.0366. The molecule has 21 heavy (non-hydrogen) atoms. The quantitative estimate of drug-likeness (QED) is 0.910. The molecule has 0 bridgehead atoms. The lowest BCUT2D eigenvalue weighted by atomic mass is 9.94. The monoisotopic (exact) mass is 307 g/mol. The summed E-state index contributed by atoms with van der Waals surface area (Å²) in [6, 6.07) is 2.28. The third-order valence-electron chi connectivity index (χ3n) is 3.54. The highest BCUT2D eigenvalue weighted by Crippen LogP contribution is 2.35. The standard InChI is InChI=1S/C14H18FN5S/c1-14(2,15)11-18-12(16)20-13(19-11)17-9-4-3-5-10-8(9)6-7-21-10/h6-7,9H,3-5H2,1-2H3,(H3,16,17,18,19,20). The van der Waals surface area contributed by atoms with Crippen LogP contribution in [-0.4, -0.2) is 15.0 Å². The lowest BCUT2D eigenvalue weighted by molar-refractivity contribution is 0.206. The molecule has 2 aromatic rings. The molecule has 0 saturated carbocycles. The van der Waals surface area contributed by atoms with Gasteiger partial charge in [-0.15, -0.1) is 11.3 Å². The second-order valence-electron chi connectivity index (χ2n) is 5.70. The smallest absolute Gasteiger partial charge is 0.228 e. The van der Waals surface area contributed by atoms with Gasteiger partial charge in [0.1, 0.15) is 0 Å². The Hall–Kier alpha value is -1.76. The van der Waals surface area contributed by atoms with Crippen LogP contribution >= 0.6 is 11.3 Å². The largest absolute Gasteiger partial charge is 0.368 e. The number of nitrogens with one attached hydrogen (secondary N) is 1. The molecule has 1 atom stereocenters. The van der Waals surface area contributed by atoms with Gasteiger partial charge < -0.3 is 11.1 Å². The zero-order chi connectivity index (χ0) is 15.0. The molecule has 0 aliphatic heterocycles. The molecule has 0 fully saturated rings. The lowest BCUT2D eigenvalue weighted by Crippen LogP contribution is -2.21. The highest BCUT2D eigenvalue weighted by molar-refractivity contribution is 7.10. The Balaban J connectivity index is 1.88.